The molecule has 1 fully saturated rings. The largest absolute Gasteiger partial charge is 0.370 e. The minimum Gasteiger partial charge on any atom is -0.370 e. The highest BCUT2D eigenvalue weighted by Gasteiger charge is 2.39. The number of benzene rings is 1. The van der Waals surface area contributed by atoms with E-state index in [0.29, 0.717) is 0 Å². The van der Waals surface area contributed by atoms with E-state index in [4.69, 9.17) is 4.74 Å². The number of hydrogen-bond donors (Lipinski definition) is 0. The van der Waals surface area contributed by atoms with E-state index in [1.165, 1.54) is 18.4 Å². The lowest BCUT2D eigenvalue weighted by molar-refractivity contribution is -0.00692. The standard InChI is InChI=1S/C19H28O2/c1-18(2,3)16-11-9-15(10-12-16)17(20)19(21-4)13-7-5-6-8-14-19/h9-12H,5-8,13-14H2,1-4H3. The number of ether oxygens (including phenoxy) is 1. The van der Waals surface area contributed by atoms with Crippen LogP contribution >= 0.6 is 0 Å². The van der Waals surface area contributed by atoms with Crippen LogP contribution in [0.5, 0.6) is 0 Å². The molecule has 1 aliphatic carbocycles. The smallest absolute Gasteiger partial charge is 0.194 e. The van der Waals surface area contributed by atoms with Gasteiger partial charge in [0.2, 0.25) is 0 Å². The first-order valence-electron chi connectivity index (χ1n) is 8.09. The molecular formula is C19H28O2. The van der Waals surface area contributed by atoms with Crippen LogP contribution in [0.3, 0.4) is 0 Å². The fraction of sp³-hybridized carbons (Fsp3) is 0.632. The molecule has 2 heteroatoms. The Morgan fingerprint density at radius 1 is 1.00 bits per heavy atom. The van der Waals surface area contributed by atoms with Crippen molar-refractivity contribution in [1.29, 1.82) is 0 Å². The van der Waals surface area contributed by atoms with Crippen molar-refractivity contribution in [2.75, 3.05) is 7.11 Å². The Morgan fingerprint density at radius 3 is 1.95 bits per heavy atom. The first-order chi connectivity index (χ1) is 9.89. The molecule has 0 spiro atoms. The van der Waals surface area contributed by atoms with E-state index in [9.17, 15) is 4.79 Å². The maximum absolute atomic E-state index is 12.9. The SMILES string of the molecule is COC1(C(=O)c2ccc(C(C)(C)C)cc2)CCCCCC1. The Bertz CT molecular complexity index is 471. The highest BCUT2D eigenvalue weighted by Crippen LogP contribution is 2.33. The third-order valence-corrected chi connectivity index (χ3v) is 4.73. The van der Waals surface area contributed by atoms with Gasteiger partial charge in [0.15, 0.2) is 5.78 Å². The summed E-state index contributed by atoms with van der Waals surface area (Å²) < 4.78 is 5.72. The molecule has 21 heavy (non-hydrogen) atoms. The van der Waals surface area contributed by atoms with Crippen molar-refractivity contribution in [1.82, 2.24) is 0 Å². The molecule has 0 saturated heterocycles. The Balaban J connectivity index is 2.25. The van der Waals surface area contributed by atoms with Gasteiger partial charge in [0.25, 0.3) is 0 Å². The van der Waals surface area contributed by atoms with Crippen LogP contribution in [-0.4, -0.2) is 18.5 Å². The Kier molecular flexibility index (Phi) is 4.88. The maximum Gasteiger partial charge on any atom is 0.194 e. The summed E-state index contributed by atoms with van der Waals surface area (Å²) in [5.74, 6) is 0.160. The number of methoxy groups -OCH3 is 1. The molecule has 0 aromatic heterocycles. The summed E-state index contributed by atoms with van der Waals surface area (Å²) in [5, 5.41) is 0. The molecule has 0 atom stereocenters. The summed E-state index contributed by atoms with van der Waals surface area (Å²) in [6.07, 6.45) is 6.29. The zero-order valence-electron chi connectivity index (χ0n) is 13.9. The minimum absolute atomic E-state index is 0.114. The van der Waals surface area contributed by atoms with Crippen molar-refractivity contribution >= 4 is 5.78 Å². The number of carbonyl (C=O) groups excluding carboxylic acids is 1. The van der Waals surface area contributed by atoms with Crippen LogP contribution in [0.2, 0.25) is 0 Å². The van der Waals surface area contributed by atoms with Crippen molar-refractivity contribution in [3.8, 4) is 0 Å². The van der Waals surface area contributed by atoms with Gasteiger partial charge in [0.05, 0.1) is 0 Å². The normalized spacial score (nSPS) is 19.0. The molecule has 0 aliphatic heterocycles. The van der Waals surface area contributed by atoms with Crippen LogP contribution in [0.25, 0.3) is 0 Å². The van der Waals surface area contributed by atoms with Crippen LogP contribution in [-0.2, 0) is 10.2 Å². The Hall–Kier alpha value is -1.15. The maximum atomic E-state index is 12.9. The van der Waals surface area contributed by atoms with Gasteiger partial charge < -0.3 is 4.74 Å². The fourth-order valence-corrected chi connectivity index (χ4v) is 3.21. The molecule has 116 valence electrons. The second-order valence-electron chi connectivity index (χ2n) is 7.27. The zero-order valence-corrected chi connectivity index (χ0v) is 13.9. The fourth-order valence-electron chi connectivity index (χ4n) is 3.21. The monoisotopic (exact) mass is 288 g/mol. The van der Waals surface area contributed by atoms with Gasteiger partial charge in [-0.25, -0.2) is 0 Å². The van der Waals surface area contributed by atoms with Gasteiger partial charge in [-0.1, -0.05) is 70.7 Å². The molecule has 0 N–H and O–H groups in total. The van der Waals surface area contributed by atoms with Gasteiger partial charge in [-0.3, -0.25) is 4.79 Å². The van der Waals surface area contributed by atoms with Crippen molar-refractivity contribution in [3.63, 3.8) is 0 Å². The highest BCUT2D eigenvalue weighted by atomic mass is 16.5. The van der Waals surface area contributed by atoms with Crippen LogP contribution in [0.15, 0.2) is 24.3 Å². The second kappa shape index (κ2) is 6.31. The molecule has 0 amide bonds. The lowest BCUT2D eigenvalue weighted by Gasteiger charge is -2.30. The van der Waals surface area contributed by atoms with Gasteiger partial charge in [0.1, 0.15) is 5.60 Å². The van der Waals surface area contributed by atoms with E-state index in [1.54, 1.807) is 7.11 Å². The minimum atomic E-state index is -0.597. The Morgan fingerprint density at radius 2 is 1.52 bits per heavy atom. The summed E-state index contributed by atoms with van der Waals surface area (Å²) in [7, 11) is 1.69. The molecular weight excluding hydrogens is 260 g/mol. The summed E-state index contributed by atoms with van der Waals surface area (Å²) in [5.41, 5.74) is 1.56. The van der Waals surface area contributed by atoms with Gasteiger partial charge >= 0.3 is 0 Å². The lowest BCUT2D eigenvalue weighted by Crippen LogP contribution is -2.40. The molecule has 1 saturated carbocycles. The third-order valence-electron chi connectivity index (χ3n) is 4.73. The molecule has 0 radical (unpaired) electrons. The van der Waals surface area contributed by atoms with Crippen LogP contribution in [0.1, 0.15) is 75.2 Å². The zero-order chi connectivity index (χ0) is 15.5. The summed E-state index contributed by atoms with van der Waals surface area (Å²) in [4.78, 5) is 12.9. The molecule has 1 aliphatic rings. The number of Topliss-reactive ketones (excluding diaryl/α,β-unsaturated/α-hetero) is 1. The number of carbonyl (C=O) groups is 1. The molecule has 1 aromatic carbocycles. The first kappa shape index (κ1) is 16.2. The van der Waals surface area contributed by atoms with Crippen molar-refractivity contribution in [2.24, 2.45) is 0 Å². The van der Waals surface area contributed by atoms with Gasteiger partial charge in [-0.05, 0) is 23.8 Å². The van der Waals surface area contributed by atoms with Crippen molar-refractivity contribution < 1.29 is 9.53 Å². The average molecular weight is 288 g/mol. The summed E-state index contributed by atoms with van der Waals surface area (Å²) in [6, 6.07) is 8.09. The van der Waals surface area contributed by atoms with Gasteiger partial charge in [0, 0.05) is 12.7 Å². The van der Waals surface area contributed by atoms with Crippen LogP contribution in [0.4, 0.5) is 0 Å². The molecule has 2 rings (SSSR count). The topological polar surface area (TPSA) is 26.3 Å². The van der Waals surface area contributed by atoms with E-state index >= 15 is 0 Å². The van der Waals surface area contributed by atoms with Gasteiger partial charge in [-0.2, -0.15) is 0 Å². The number of ketones is 1. The summed E-state index contributed by atoms with van der Waals surface area (Å²) >= 11 is 0. The quantitative estimate of drug-likeness (QED) is 0.583. The second-order valence-corrected chi connectivity index (χ2v) is 7.27. The van der Waals surface area contributed by atoms with E-state index < -0.39 is 5.60 Å². The van der Waals surface area contributed by atoms with Crippen LogP contribution < -0.4 is 0 Å². The number of rotatable bonds is 3. The van der Waals surface area contributed by atoms with Crippen molar-refractivity contribution in [3.05, 3.63) is 35.4 Å². The number of hydrogen-bond acceptors (Lipinski definition) is 2. The van der Waals surface area contributed by atoms with E-state index in [1.807, 2.05) is 12.1 Å². The lowest BCUT2D eigenvalue weighted by atomic mass is 9.83. The third kappa shape index (κ3) is 3.55. The van der Waals surface area contributed by atoms with Crippen LogP contribution in [0, 0.1) is 0 Å². The summed E-state index contributed by atoms with van der Waals surface area (Å²) in [6.45, 7) is 6.56. The van der Waals surface area contributed by atoms with Crippen molar-refractivity contribution in [2.45, 2.75) is 70.3 Å². The molecule has 0 unspecified atom stereocenters. The van der Waals surface area contributed by atoms with E-state index in [2.05, 4.69) is 32.9 Å². The molecule has 0 bridgehead atoms. The highest BCUT2D eigenvalue weighted by molar-refractivity contribution is 6.02. The average Bonchev–Trinajstić information content (AvgIpc) is 2.72. The first-order valence-corrected chi connectivity index (χ1v) is 8.09. The Labute approximate surface area is 128 Å². The van der Waals surface area contributed by atoms with E-state index in [-0.39, 0.29) is 11.2 Å². The van der Waals surface area contributed by atoms with E-state index in [0.717, 1.165) is 31.2 Å². The molecule has 1 aromatic rings. The predicted octanol–water partition coefficient (Wildman–Crippen LogP) is 4.91. The molecule has 2 nitrogen and oxygen atoms in total. The predicted molar refractivity (Wildman–Crippen MR) is 86.9 cm³/mol. The van der Waals surface area contributed by atoms with Gasteiger partial charge in [-0.15, -0.1) is 0 Å². The molecule has 0 heterocycles.